The van der Waals surface area contributed by atoms with Gasteiger partial charge in [0.1, 0.15) is 18.9 Å². The van der Waals surface area contributed by atoms with Gasteiger partial charge in [-0.25, -0.2) is 0 Å². The monoisotopic (exact) mass is 537 g/mol. The van der Waals surface area contributed by atoms with Crippen LogP contribution < -0.4 is 10.6 Å². The molecule has 8 heteroatoms. The molecule has 3 aromatic rings. The number of ether oxygens (including phenoxy) is 1. The van der Waals surface area contributed by atoms with E-state index in [4.69, 9.17) is 4.74 Å². The average Bonchev–Trinajstić information content (AvgIpc) is 3.49. The molecule has 3 aromatic carbocycles. The number of nitrogens with zero attached hydrogens (tertiary/aromatic N) is 1. The van der Waals surface area contributed by atoms with Crippen molar-refractivity contribution in [2.75, 3.05) is 23.8 Å². The van der Waals surface area contributed by atoms with E-state index in [1.165, 1.54) is 4.90 Å². The molecule has 3 amide bonds. The van der Waals surface area contributed by atoms with Crippen LogP contribution in [0.3, 0.4) is 0 Å². The van der Waals surface area contributed by atoms with E-state index in [1.807, 2.05) is 48.5 Å². The van der Waals surface area contributed by atoms with Crippen LogP contribution in [0.25, 0.3) is 0 Å². The van der Waals surface area contributed by atoms with E-state index < -0.39 is 11.5 Å². The average molecular weight is 538 g/mol. The Bertz CT molecular complexity index is 1500. The van der Waals surface area contributed by atoms with Gasteiger partial charge in [0.2, 0.25) is 11.8 Å². The predicted molar refractivity (Wildman–Crippen MR) is 150 cm³/mol. The van der Waals surface area contributed by atoms with Crippen LogP contribution in [-0.4, -0.2) is 48.2 Å². The van der Waals surface area contributed by atoms with E-state index in [-0.39, 0.29) is 30.8 Å². The number of aldehydes is 1. The van der Waals surface area contributed by atoms with Gasteiger partial charge < -0.3 is 20.3 Å². The maximum Gasteiger partial charge on any atom is 0.252 e. The second-order valence-corrected chi connectivity index (χ2v) is 10.8. The van der Waals surface area contributed by atoms with Crippen molar-refractivity contribution >= 4 is 35.4 Å². The summed E-state index contributed by atoms with van der Waals surface area (Å²) in [6.45, 7) is 0.464. The van der Waals surface area contributed by atoms with E-state index >= 15 is 0 Å². The highest BCUT2D eigenvalue weighted by Crippen LogP contribution is 2.47. The Labute approximate surface area is 232 Å². The Morgan fingerprint density at radius 2 is 1.82 bits per heavy atom. The highest BCUT2D eigenvalue weighted by Gasteiger charge is 2.50. The van der Waals surface area contributed by atoms with Crippen molar-refractivity contribution in [3.8, 4) is 0 Å². The van der Waals surface area contributed by atoms with Gasteiger partial charge in [0.05, 0.1) is 5.41 Å². The van der Waals surface area contributed by atoms with Crippen molar-refractivity contribution in [2.24, 2.45) is 0 Å². The molecule has 1 aliphatic carbocycles. The number of para-hydroxylation sites is 1. The molecule has 3 aliphatic rings. The Morgan fingerprint density at radius 1 is 1.02 bits per heavy atom. The second kappa shape index (κ2) is 10.7. The number of carbonyl (C=O) groups excluding carboxylic acids is 4. The number of fused-ring (bicyclic) bond motifs is 3. The van der Waals surface area contributed by atoms with E-state index in [0.29, 0.717) is 42.7 Å². The summed E-state index contributed by atoms with van der Waals surface area (Å²) < 4.78 is 5.72. The van der Waals surface area contributed by atoms with Gasteiger partial charge in [0, 0.05) is 30.1 Å². The lowest BCUT2D eigenvalue weighted by atomic mass is 9.79. The SMILES string of the molecule is O=Cc1ccccc1CN(CC(=O)Nc1ccc2c(c1)CC1(C2)C(=O)Nc2ccccc21)C(=O)C1CCCCO1. The van der Waals surface area contributed by atoms with Crippen LogP contribution in [0, 0.1) is 0 Å². The Balaban J connectivity index is 1.19. The fourth-order valence-corrected chi connectivity index (χ4v) is 6.20. The third-order valence-corrected chi connectivity index (χ3v) is 8.24. The molecule has 2 aliphatic heterocycles. The summed E-state index contributed by atoms with van der Waals surface area (Å²) in [6.07, 6.45) is 3.73. The minimum absolute atomic E-state index is 0.00479. The first-order valence-electron chi connectivity index (χ1n) is 13.7. The first-order chi connectivity index (χ1) is 19.5. The third-order valence-electron chi connectivity index (χ3n) is 8.24. The van der Waals surface area contributed by atoms with Crippen molar-refractivity contribution in [1.29, 1.82) is 0 Å². The fourth-order valence-electron chi connectivity index (χ4n) is 6.20. The smallest absolute Gasteiger partial charge is 0.252 e. The molecule has 2 N–H and O–H groups in total. The predicted octanol–water partition coefficient (Wildman–Crippen LogP) is 4.02. The van der Waals surface area contributed by atoms with Crippen LogP contribution in [-0.2, 0) is 43.9 Å². The van der Waals surface area contributed by atoms with Crippen LogP contribution in [0.4, 0.5) is 11.4 Å². The van der Waals surface area contributed by atoms with Crippen molar-refractivity contribution in [1.82, 2.24) is 4.90 Å². The van der Waals surface area contributed by atoms with E-state index in [2.05, 4.69) is 10.6 Å². The number of carbonyl (C=O) groups is 4. The summed E-state index contributed by atoms with van der Waals surface area (Å²) in [4.78, 5) is 52.8. The summed E-state index contributed by atoms with van der Waals surface area (Å²) in [5.74, 6) is -0.591. The lowest BCUT2D eigenvalue weighted by molar-refractivity contribution is -0.148. The van der Waals surface area contributed by atoms with Gasteiger partial charge in [-0.2, -0.15) is 0 Å². The minimum atomic E-state index is -0.628. The Morgan fingerprint density at radius 3 is 2.65 bits per heavy atom. The lowest BCUT2D eigenvalue weighted by Crippen LogP contribution is -2.45. The molecule has 204 valence electrons. The first-order valence-corrected chi connectivity index (χ1v) is 13.7. The van der Waals surface area contributed by atoms with Gasteiger partial charge in [-0.1, -0.05) is 48.5 Å². The van der Waals surface area contributed by atoms with E-state index in [1.54, 1.807) is 18.2 Å². The zero-order valence-electron chi connectivity index (χ0n) is 22.2. The largest absolute Gasteiger partial charge is 0.368 e. The number of anilines is 2. The van der Waals surface area contributed by atoms with Gasteiger partial charge in [-0.15, -0.1) is 0 Å². The number of nitrogens with one attached hydrogen (secondary N) is 2. The molecule has 1 spiro atoms. The van der Waals surface area contributed by atoms with Gasteiger partial charge in [0.25, 0.3) is 5.91 Å². The molecule has 2 unspecified atom stereocenters. The third kappa shape index (κ3) is 4.79. The minimum Gasteiger partial charge on any atom is -0.368 e. The zero-order valence-corrected chi connectivity index (χ0v) is 22.2. The maximum atomic E-state index is 13.4. The highest BCUT2D eigenvalue weighted by atomic mass is 16.5. The van der Waals surface area contributed by atoms with Crippen LogP contribution in [0.5, 0.6) is 0 Å². The summed E-state index contributed by atoms with van der Waals surface area (Å²) >= 11 is 0. The standard InChI is InChI=1S/C32H31N3O5/c36-20-23-8-2-1-7-22(23)18-35(30(38)28-11-5-6-14-40-28)19-29(37)33-25-13-12-21-16-32(17-24(21)15-25)26-9-3-4-10-27(26)34-31(32)39/h1-4,7-10,12-13,15,20,28H,5-6,11,14,16-19H2,(H,33,37)(H,34,39). The van der Waals surface area contributed by atoms with Crippen LogP contribution in [0.2, 0.25) is 0 Å². The molecule has 6 rings (SSSR count). The van der Waals surface area contributed by atoms with Crippen molar-refractivity contribution in [2.45, 2.75) is 50.2 Å². The van der Waals surface area contributed by atoms with Crippen LogP contribution in [0.15, 0.2) is 66.7 Å². The number of rotatable bonds is 7. The van der Waals surface area contributed by atoms with Crippen molar-refractivity contribution < 1.29 is 23.9 Å². The van der Waals surface area contributed by atoms with Crippen LogP contribution >= 0.6 is 0 Å². The highest BCUT2D eigenvalue weighted by molar-refractivity contribution is 6.07. The van der Waals surface area contributed by atoms with Crippen molar-refractivity contribution in [3.05, 3.63) is 94.5 Å². The molecule has 0 aromatic heterocycles. The number of hydrogen-bond donors (Lipinski definition) is 2. The second-order valence-electron chi connectivity index (χ2n) is 10.8. The molecule has 0 bridgehead atoms. The molecule has 0 radical (unpaired) electrons. The molecule has 2 atom stereocenters. The summed E-state index contributed by atoms with van der Waals surface area (Å²) in [5.41, 5.74) is 5.12. The molecular formula is C32H31N3O5. The van der Waals surface area contributed by atoms with E-state index in [9.17, 15) is 19.2 Å². The van der Waals surface area contributed by atoms with Gasteiger partial charge in [0.15, 0.2) is 0 Å². The lowest BCUT2D eigenvalue weighted by Gasteiger charge is -2.29. The van der Waals surface area contributed by atoms with E-state index in [0.717, 1.165) is 41.5 Å². The molecule has 1 fully saturated rings. The number of hydrogen-bond acceptors (Lipinski definition) is 5. The quantitative estimate of drug-likeness (QED) is 0.443. The molecular weight excluding hydrogens is 506 g/mol. The molecule has 8 nitrogen and oxygen atoms in total. The first kappa shape index (κ1) is 26.0. The summed E-state index contributed by atoms with van der Waals surface area (Å²) in [6, 6.07) is 20.6. The Kier molecular flexibility index (Phi) is 6.94. The number of benzene rings is 3. The molecule has 2 heterocycles. The van der Waals surface area contributed by atoms with Crippen molar-refractivity contribution in [3.63, 3.8) is 0 Å². The fraction of sp³-hybridized carbons (Fsp3) is 0.312. The normalized spacial score (nSPS) is 20.9. The number of amides is 3. The molecule has 0 saturated carbocycles. The topological polar surface area (TPSA) is 105 Å². The summed E-state index contributed by atoms with van der Waals surface area (Å²) in [5, 5.41) is 5.96. The van der Waals surface area contributed by atoms with Gasteiger partial charge in [-0.3, -0.25) is 19.2 Å². The zero-order chi connectivity index (χ0) is 27.7. The Hall–Kier alpha value is -4.30. The summed E-state index contributed by atoms with van der Waals surface area (Å²) in [7, 11) is 0. The molecule has 40 heavy (non-hydrogen) atoms. The van der Waals surface area contributed by atoms with Gasteiger partial charge in [-0.05, 0) is 72.6 Å². The van der Waals surface area contributed by atoms with Crippen LogP contribution in [0.1, 0.15) is 51.9 Å². The maximum absolute atomic E-state index is 13.4. The van der Waals surface area contributed by atoms with Gasteiger partial charge >= 0.3 is 0 Å². The molecule has 1 saturated heterocycles.